The lowest BCUT2D eigenvalue weighted by atomic mass is 10.1. The molecule has 1 fully saturated rings. The van der Waals surface area contributed by atoms with E-state index in [1.165, 1.54) is 18.2 Å². The van der Waals surface area contributed by atoms with Crippen LogP contribution in [-0.2, 0) is 20.7 Å². The number of ether oxygens (including phenoxy) is 1. The van der Waals surface area contributed by atoms with Crippen LogP contribution < -0.4 is 10.2 Å². The average Bonchev–Trinajstić information content (AvgIpc) is 2.97. The number of hydrogen-bond donors (Lipinski definition) is 1. The highest BCUT2D eigenvalue weighted by Crippen LogP contribution is 2.23. The average molecular weight is 384 g/mol. The summed E-state index contributed by atoms with van der Waals surface area (Å²) in [5.74, 6) is -1.43. The van der Waals surface area contributed by atoms with E-state index in [4.69, 9.17) is 4.74 Å². The van der Waals surface area contributed by atoms with Crippen LogP contribution in [0.25, 0.3) is 0 Å². The van der Waals surface area contributed by atoms with Crippen LogP contribution in [0.2, 0.25) is 0 Å². The number of halogens is 1. The zero-order chi connectivity index (χ0) is 20.1. The SMILES string of the molecule is CCOC(=O)c1ccc(N2C(=O)C[C@H](NCCc3ccccc3F)C2=O)cc1. The lowest BCUT2D eigenvalue weighted by Crippen LogP contribution is -2.39. The lowest BCUT2D eigenvalue weighted by Gasteiger charge is -2.16. The Morgan fingerprint density at radius 1 is 1.18 bits per heavy atom. The fraction of sp³-hybridized carbons (Fsp3) is 0.286. The first kappa shape index (κ1) is 19.7. The Labute approximate surface area is 162 Å². The monoisotopic (exact) mass is 384 g/mol. The molecule has 2 aromatic carbocycles. The number of amides is 2. The van der Waals surface area contributed by atoms with Gasteiger partial charge in [0.15, 0.2) is 0 Å². The third-order valence-corrected chi connectivity index (χ3v) is 4.53. The molecule has 1 atom stereocenters. The van der Waals surface area contributed by atoms with Crippen LogP contribution in [0.15, 0.2) is 48.5 Å². The quantitative estimate of drug-likeness (QED) is 0.586. The van der Waals surface area contributed by atoms with Crippen molar-refractivity contribution in [1.82, 2.24) is 5.32 Å². The molecular formula is C21H21FN2O4. The van der Waals surface area contributed by atoms with E-state index < -0.39 is 12.0 Å². The summed E-state index contributed by atoms with van der Waals surface area (Å²) in [5.41, 5.74) is 1.31. The summed E-state index contributed by atoms with van der Waals surface area (Å²) in [5, 5.41) is 3.03. The maximum Gasteiger partial charge on any atom is 0.338 e. The minimum absolute atomic E-state index is 0.0374. The van der Waals surface area contributed by atoms with Gasteiger partial charge in [0.25, 0.3) is 5.91 Å². The molecule has 0 bridgehead atoms. The molecule has 1 aliphatic rings. The van der Waals surface area contributed by atoms with Gasteiger partial charge in [-0.2, -0.15) is 0 Å². The Morgan fingerprint density at radius 2 is 1.89 bits per heavy atom. The standard InChI is InChI=1S/C21H21FN2O4/c1-2-28-21(27)15-7-9-16(10-8-15)24-19(25)13-18(20(24)26)23-12-11-14-5-3-4-6-17(14)22/h3-10,18,23H,2,11-13H2,1H3/t18-/m0/s1. The van der Waals surface area contributed by atoms with Crippen molar-refractivity contribution in [2.45, 2.75) is 25.8 Å². The Kier molecular flexibility index (Phi) is 6.16. The first-order valence-corrected chi connectivity index (χ1v) is 9.12. The maximum absolute atomic E-state index is 13.7. The van der Waals surface area contributed by atoms with E-state index in [0.717, 1.165) is 4.90 Å². The van der Waals surface area contributed by atoms with Gasteiger partial charge in [-0.1, -0.05) is 18.2 Å². The second kappa shape index (κ2) is 8.75. The van der Waals surface area contributed by atoms with Gasteiger partial charge < -0.3 is 10.1 Å². The van der Waals surface area contributed by atoms with Crippen LogP contribution in [0.4, 0.5) is 10.1 Å². The van der Waals surface area contributed by atoms with E-state index >= 15 is 0 Å². The highest BCUT2D eigenvalue weighted by molar-refractivity contribution is 6.22. The van der Waals surface area contributed by atoms with Gasteiger partial charge in [0.05, 0.1) is 30.3 Å². The Morgan fingerprint density at radius 3 is 2.57 bits per heavy atom. The number of esters is 1. The van der Waals surface area contributed by atoms with Crippen LogP contribution in [0, 0.1) is 5.82 Å². The molecular weight excluding hydrogens is 363 g/mol. The van der Waals surface area contributed by atoms with Crippen LogP contribution in [0.1, 0.15) is 29.3 Å². The van der Waals surface area contributed by atoms with Gasteiger partial charge in [-0.15, -0.1) is 0 Å². The van der Waals surface area contributed by atoms with E-state index in [9.17, 15) is 18.8 Å². The predicted molar refractivity (Wildman–Crippen MR) is 101 cm³/mol. The zero-order valence-electron chi connectivity index (χ0n) is 15.5. The summed E-state index contributed by atoms with van der Waals surface area (Å²) >= 11 is 0. The zero-order valence-corrected chi connectivity index (χ0v) is 15.5. The molecule has 1 saturated heterocycles. The largest absolute Gasteiger partial charge is 0.462 e. The third-order valence-electron chi connectivity index (χ3n) is 4.53. The van der Waals surface area contributed by atoms with Gasteiger partial charge in [0.2, 0.25) is 5.91 Å². The fourth-order valence-electron chi connectivity index (χ4n) is 3.11. The number of carbonyl (C=O) groups is 3. The summed E-state index contributed by atoms with van der Waals surface area (Å²) in [4.78, 5) is 37.8. The van der Waals surface area contributed by atoms with Crippen LogP contribution in [-0.4, -0.2) is 37.0 Å². The van der Waals surface area contributed by atoms with E-state index in [1.54, 1.807) is 37.3 Å². The van der Waals surface area contributed by atoms with Gasteiger partial charge in [0, 0.05) is 6.54 Å². The van der Waals surface area contributed by atoms with Crippen LogP contribution in [0.3, 0.4) is 0 Å². The van der Waals surface area contributed by atoms with Crippen molar-refractivity contribution in [3.63, 3.8) is 0 Å². The fourth-order valence-corrected chi connectivity index (χ4v) is 3.11. The van der Waals surface area contributed by atoms with Gasteiger partial charge in [-0.25, -0.2) is 14.1 Å². The third kappa shape index (κ3) is 4.26. The number of nitrogens with one attached hydrogen (secondary N) is 1. The molecule has 0 saturated carbocycles. The van der Waals surface area contributed by atoms with Crippen molar-refractivity contribution in [2.75, 3.05) is 18.1 Å². The highest BCUT2D eigenvalue weighted by atomic mass is 19.1. The number of imide groups is 1. The van der Waals surface area contributed by atoms with Gasteiger partial charge >= 0.3 is 5.97 Å². The first-order chi connectivity index (χ1) is 13.5. The topological polar surface area (TPSA) is 75.7 Å². The summed E-state index contributed by atoms with van der Waals surface area (Å²) in [7, 11) is 0. The minimum atomic E-state index is -0.649. The lowest BCUT2D eigenvalue weighted by molar-refractivity contribution is -0.121. The highest BCUT2D eigenvalue weighted by Gasteiger charge is 2.39. The van der Waals surface area contributed by atoms with Crippen molar-refractivity contribution in [3.05, 3.63) is 65.5 Å². The molecule has 1 heterocycles. The minimum Gasteiger partial charge on any atom is -0.462 e. The smallest absolute Gasteiger partial charge is 0.338 e. The maximum atomic E-state index is 13.7. The van der Waals surface area contributed by atoms with Crippen molar-refractivity contribution < 1.29 is 23.5 Å². The Balaban J connectivity index is 1.61. The predicted octanol–water partition coefficient (Wildman–Crippen LogP) is 2.47. The number of hydrogen-bond acceptors (Lipinski definition) is 5. The molecule has 0 aromatic heterocycles. The second-order valence-corrected chi connectivity index (χ2v) is 6.39. The van der Waals surface area contributed by atoms with Gasteiger partial charge in [-0.3, -0.25) is 9.59 Å². The molecule has 0 spiro atoms. The second-order valence-electron chi connectivity index (χ2n) is 6.39. The van der Waals surface area contributed by atoms with Crippen LogP contribution >= 0.6 is 0 Å². The molecule has 0 unspecified atom stereocenters. The summed E-state index contributed by atoms with van der Waals surface area (Å²) in [6.45, 7) is 2.36. The summed E-state index contributed by atoms with van der Waals surface area (Å²) in [6, 6.07) is 11.9. The van der Waals surface area contributed by atoms with Crippen molar-refractivity contribution in [3.8, 4) is 0 Å². The van der Waals surface area contributed by atoms with E-state index in [1.807, 2.05) is 0 Å². The first-order valence-electron chi connectivity index (χ1n) is 9.12. The van der Waals surface area contributed by atoms with Crippen molar-refractivity contribution in [2.24, 2.45) is 0 Å². The molecule has 28 heavy (non-hydrogen) atoms. The molecule has 1 aliphatic heterocycles. The normalized spacial score (nSPS) is 16.5. The number of benzene rings is 2. The molecule has 2 aromatic rings. The molecule has 6 nitrogen and oxygen atoms in total. The Bertz CT molecular complexity index is 882. The van der Waals surface area contributed by atoms with Gasteiger partial charge in [0.1, 0.15) is 5.82 Å². The van der Waals surface area contributed by atoms with Gasteiger partial charge in [-0.05, 0) is 49.2 Å². The van der Waals surface area contributed by atoms with Crippen molar-refractivity contribution in [1.29, 1.82) is 0 Å². The molecule has 3 rings (SSSR count). The summed E-state index contributed by atoms with van der Waals surface area (Å²) in [6.07, 6.45) is 0.453. The molecule has 0 radical (unpaired) electrons. The van der Waals surface area contributed by atoms with E-state index in [2.05, 4.69) is 5.32 Å². The molecule has 7 heteroatoms. The number of carbonyl (C=O) groups excluding carboxylic acids is 3. The van der Waals surface area contributed by atoms with Crippen molar-refractivity contribution >= 4 is 23.5 Å². The molecule has 1 N–H and O–H groups in total. The van der Waals surface area contributed by atoms with E-state index in [0.29, 0.717) is 29.8 Å². The number of anilines is 1. The molecule has 2 amide bonds. The number of rotatable bonds is 7. The van der Waals surface area contributed by atoms with E-state index in [-0.39, 0.29) is 30.7 Å². The van der Waals surface area contributed by atoms with Crippen LogP contribution in [0.5, 0.6) is 0 Å². The molecule has 146 valence electrons. The Hall–Kier alpha value is -3.06. The number of nitrogens with zero attached hydrogens (tertiary/aromatic N) is 1. The summed E-state index contributed by atoms with van der Waals surface area (Å²) < 4.78 is 18.6. The molecule has 0 aliphatic carbocycles.